The molecule has 2 heterocycles. The highest BCUT2D eigenvalue weighted by atomic mass is 35.5. The lowest BCUT2D eigenvalue weighted by Gasteiger charge is -2.09. The molecule has 0 unspecified atom stereocenters. The van der Waals surface area contributed by atoms with Crippen LogP contribution in [-0.4, -0.2) is 19.7 Å². The fourth-order valence-electron chi connectivity index (χ4n) is 2.40. The second-order valence-corrected chi connectivity index (χ2v) is 6.45. The largest absolute Gasteiger partial charge is 0.395 e. The van der Waals surface area contributed by atoms with Crippen LogP contribution in [0.5, 0.6) is 0 Å². The van der Waals surface area contributed by atoms with Crippen LogP contribution in [0.15, 0.2) is 29.1 Å². The van der Waals surface area contributed by atoms with Gasteiger partial charge >= 0.3 is 11.4 Å². The van der Waals surface area contributed by atoms with E-state index >= 15 is 0 Å². The number of nitro groups is 1. The first kappa shape index (κ1) is 17.0. The van der Waals surface area contributed by atoms with Crippen molar-refractivity contribution in [1.82, 2.24) is 14.8 Å². The maximum Gasteiger partial charge on any atom is 0.395 e. The number of thiazole rings is 1. The van der Waals surface area contributed by atoms with E-state index < -0.39 is 22.2 Å². The van der Waals surface area contributed by atoms with E-state index in [0.717, 1.165) is 9.38 Å². The van der Waals surface area contributed by atoms with Gasteiger partial charge in [0.05, 0.1) is 27.9 Å². The number of benzene rings is 1. The molecular formula is C15H10ClN5O3S. The minimum atomic E-state index is -1.16. The average molecular weight is 376 g/mol. The lowest BCUT2D eigenvalue weighted by Crippen LogP contribution is -2.26. The van der Waals surface area contributed by atoms with Gasteiger partial charge in [-0.05, 0) is 24.0 Å². The quantitative estimate of drug-likeness (QED) is 0.511. The molecule has 0 amide bonds. The van der Waals surface area contributed by atoms with Crippen molar-refractivity contribution >= 4 is 39.0 Å². The molecule has 10 heteroatoms. The molecule has 0 bridgehead atoms. The van der Waals surface area contributed by atoms with Gasteiger partial charge < -0.3 is 10.1 Å². The van der Waals surface area contributed by atoms with Crippen molar-refractivity contribution in [1.29, 1.82) is 5.26 Å². The Morgan fingerprint density at radius 3 is 2.80 bits per heavy atom. The fourth-order valence-corrected chi connectivity index (χ4v) is 3.72. The molecule has 3 rings (SSSR count). The third-order valence-electron chi connectivity index (χ3n) is 3.56. The molecule has 25 heavy (non-hydrogen) atoms. The minimum Gasteiger partial charge on any atom is -0.358 e. The van der Waals surface area contributed by atoms with Crippen molar-refractivity contribution in [2.45, 2.75) is 19.4 Å². The van der Waals surface area contributed by atoms with E-state index in [2.05, 4.69) is 10.1 Å². The summed E-state index contributed by atoms with van der Waals surface area (Å²) >= 11 is 7.31. The molecule has 126 valence electrons. The van der Waals surface area contributed by atoms with Crippen molar-refractivity contribution in [3.05, 3.63) is 60.3 Å². The predicted octanol–water partition coefficient (Wildman–Crippen LogP) is 3.09. The molecule has 0 aliphatic heterocycles. The van der Waals surface area contributed by atoms with E-state index in [9.17, 15) is 20.2 Å². The number of rotatable bonds is 4. The molecule has 2 aromatic heterocycles. The van der Waals surface area contributed by atoms with Gasteiger partial charge in [-0.3, -0.25) is 4.79 Å². The first-order valence-electron chi connectivity index (χ1n) is 7.17. The maximum absolute atomic E-state index is 12.2. The Morgan fingerprint density at radius 1 is 1.48 bits per heavy atom. The molecule has 0 N–H and O–H groups in total. The molecule has 0 fully saturated rings. The first-order valence-corrected chi connectivity index (χ1v) is 8.37. The van der Waals surface area contributed by atoms with Crippen LogP contribution in [0.2, 0.25) is 5.02 Å². The zero-order chi connectivity index (χ0) is 18.1. The molecule has 3 aromatic rings. The SMILES string of the molecule is CCn1nc([N+](=O)[O-])c([C@@H](C#N)c2nc3ccccc3s2)c(Cl)c1=O. The summed E-state index contributed by atoms with van der Waals surface area (Å²) in [7, 11) is 0. The number of hydrogen-bond acceptors (Lipinski definition) is 7. The molecule has 0 saturated carbocycles. The Morgan fingerprint density at radius 2 is 2.20 bits per heavy atom. The summed E-state index contributed by atoms with van der Waals surface area (Å²) in [5.41, 5.74) is -0.231. The van der Waals surface area contributed by atoms with Crippen LogP contribution in [0.4, 0.5) is 5.82 Å². The predicted molar refractivity (Wildman–Crippen MR) is 92.9 cm³/mol. The molecule has 8 nitrogen and oxygen atoms in total. The van der Waals surface area contributed by atoms with Gasteiger partial charge in [-0.2, -0.15) is 5.26 Å². The molecule has 0 aliphatic carbocycles. The molecular weight excluding hydrogens is 366 g/mol. The van der Waals surface area contributed by atoms with Gasteiger partial charge in [0.1, 0.15) is 21.5 Å². The smallest absolute Gasteiger partial charge is 0.358 e. The van der Waals surface area contributed by atoms with Crippen molar-refractivity contribution in [3.8, 4) is 6.07 Å². The number of para-hydroxylation sites is 1. The third kappa shape index (κ3) is 2.86. The van der Waals surface area contributed by atoms with Gasteiger partial charge in [0.2, 0.25) is 0 Å². The van der Waals surface area contributed by atoms with E-state index in [1.54, 1.807) is 19.1 Å². The minimum absolute atomic E-state index is 0.123. The Bertz CT molecular complexity index is 1050. The first-order chi connectivity index (χ1) is 12.0. The summed E-state index contributed by atoms with van der Waals surface area (Å²) in [4.78, 5) is 27.3. The number of hydrogen-bond donors (Lipinski definition) is 0. The summed E-state index contributed by atoms with van der Waals surface area (Å²) < 4.78 is 1.72. The van der Waals surface area contributed by atoms with Crippen LogP contribution < -0.4 is 5.56 Å². The second kappa shape index (κ2) is 6.58. The number of halogens is 1. The molecule has 1 atom stereocenters. The zero-order valence-corrected chi connectivity index (χ0v) is 14.4. The van der Waals surface area contributed by atoms with Gasteiger partial charge in [0, 0.05) is 0 Å². The van der Waals surface area contributed by atoms with Gasteiger partial charge in [-0.15, -0.1) is 16.0 Å². The van der Waals surface area contributed by atoms with Gasteiger partial charge in [0.25, 0.3) is 0 Å². The Labute approximate surface area is 150 Å². The highest BCUT2D eigenvalue weighted by molar-refractivity contribution is 7.18. The van der Waals surface area contributed by atoms with Crippen LogP contribution >= 0.6 is 22.9 Å². The fraction of sp³-hybridized carbons (Fsp3) is 0.200. The van der Waals surface area contributed by atoms with Crippen molar-refractivity contribution in [2.75, 3.05) is 0 Å². The van der Waals surface area contributed by atoms with Gasteiger partial charge in [-0.1, -0.05) is 23.7 Å². The van der Waals surface area contributed by atoms with Gasteiger partial charge in [-0.25, -0.2) is 4.98 Å². The van der Waals surface area contributed by atoms with Gasteiger partial charge in [0.15, 0.2) is 0 Å². The van der Waals surface area contributed by atoms with E-state index in [4.69, 9.17) is 11.6 Å². The summed E-state index contributed by atoms with van der Waals surface area (Å²) in [6, 6.07) is 9.19. The van der Waals surface area contributed by atoms with Crippen LogP contribution in [0.3, 0.4) is 0 Å². The summed E-state index contributed by atoms with van der Waals surface area (Å²) in [6.07, 6.45) is 0. The van der Waals surface area contributed by atoms with Crippen LogP contribution in [0.1, 0.15) is 23.4 Å². The van der Waals surface area contributed by atoms with E-state index in [0.29, 0.717) is 10.5 Å². The monoisotopic (exact) mass is 375 g/mol. The normalized spacial score (nSPS) is 12.0. The Kier molecular flexibility index (Phi) is 4.48. The molecule has 0 spiro atoms. The lowest BCUT2D eigenvalue weighted by atomic mass is 10.0. The third-order valence-corrected chi connectivity index (χ3v) is 5.03. The number of nitriles is 1. The zero-order valence-electron chi connectivity index (χ0n) is 12.8. The van der Waals surface area contributed by atoms with E-state index in [-0.39, 0.29) is 17.1 Å². The Balaban J connectivity index is 2.28. The van der Waals surface area contributed by atoms with E-state index in [1.807, 2.05) is 18.2 Å². The van der Waals surface area contributed by atoms with E-state index in [1.165, 1.54) is 11.3 Å². The number of nitrogens with zero attached hydrogens (tertiary/aromatic N) is 5. The maximum atomic E-state index is 12.2. The molecule has 0 aliphatic rings. The average Bonchev–Trinajstić information content (AvgIpc) is 3.02. The van der Waals surface area contributed by atoms with Crippen molar-refractivity contribution in [3.63, 3.8) is 0 Å². The highest BCUT2D eigenvalue weighted by Gasteiger charge is 2.33. The summed E-state index contributed by atoms with van der Waals surface area (Å²) in [5.74, 6) is -1.77. The van der Waals surface area contributed by atoms with Crippen molar-refractivity contribution in [2.24, 2.45) is 0 Å². The number of fused-ring (bicyclic) bond motifs is 1. The summed E-state index contributed by atoms with van der Waals surface area (Å²) in [5, 5.41) is 24.7. The molecule has 1 aromatic carbocycles. The second-order valence-electron chi connectivity index (χ2n) is 5.01. The highest BCUT2D eigenvalue weighted by Crippen LogP contribution is 2.37. The van der Waals surface area contributed by atoms with Crippen molar-refractivity contribution < 1.29 is 4.92 Å². The summed E-state index contributed by atoms with van der Waals surface area (Å²) in [6.45, 7) is 1.74. The molecule has 0 saturated heterocycles. The Hall–Kier alpha value is -2.83. The van der Waals surface area contributed by atoms with Crippen LogP contribution in [0.25, 0.3) is 10.2 Å². The number of aryl methyl sites for hydroxylation is 1. The number of aromatic nitrogens is 3. The molecule has 0 radical (unpaired) electrons. The standard InChI is InChI=1S/C15H10ClN5O3S/c1-2-20-15(22)12(16)11(13(19-20)21(23)24)8(7-17)14-18-9-5-3-4-6-10(9)25-14/h3-6,8H,2H2,1H3/t8-/m1/s1. The lowest BCUT2D eigenvalue weighted by molar-refractivity contribution is -0.391. The topological polar surface area (TPSA) is 115 Å². The van der Waals surface area contributed by atoms with Crippen LogP contribution in [0, 0.1) is 21.4 Å². The van der Waals surface area contributed by atoms with Crippen LogP contribution in [-0.2, 0) is 6.54 Å².